The normalized spacial score (nSPS) is 11.0. The zero-order chi connectivity index (χ0) is 15.8. The standard InChI is InChI=1S/C16H11ClN4OS/c1-21-8-12(7-20-21)22-16-15-13(18-9-19-16)6-14(23-15)10-2-4-11(17)5-3-10/h2-9H,1H3. The number of nitrogens with zero attached hydrogens (tertiary/aromatic N) is 4. The van der Waals surface area contributed by atoms with Crippen LogP contribution in [-0.2, 0) is 7.05 Å². The van der Waals surface area contributed by atoms with Gasteiger partial charge in [-0.2, -0.15) is 5.10 Å². The van der Waals surface area contributed by atoms with E-state index in [0.717, 1.165) is 25.7 Å². The van der Waals surface area contributed by atoms with Crippen LogP contribution in [0.15, 0.2) is 49.1 Å². The van der Waals surface area contributed by atoms with Crippen LogP contribution in [0.2, 0.25) is 5.02 Å². The Bertz CT molecular complexity index is 977. The van der Waals surface area contributed by atoms with E-state index in [2.05, 4.69) is 15.1 Å². The first-order valence-corrected chi connectivity index (χ1v) is 8.05. The molecule has 0 atom stereocenters. The number of fused-ring (bicyclic) bond motifs is 1. The van der Waals surface area contributed by atoms with Crippen LogP contribution in [-0.4, -0.2) is 19.7 Å². The maximum atomic E-state index is 5.95. The first kappa shape index (κ1) is 14.2. The van der Waals surface area contributed by atoms with Gasteiger partial charge in [-0.25, -0.2) is 9.97 Å². The number of thiophene rings is 1. The molecule has 4 rings (SSSR count). The van der Waals surface area contributed by atoms with Gasteiger partial charge in [0.15, 0.2) is 5.75 Å². The van der Waals surface area contributed by atoms with Crippen molar-refractivity contribution in [3.8, 4) is 22.1 Å². The number of halogens is 1. The summed E-state index contributed by atoms with van der Waals surface area (Å²) in [6, 6.07) is 9.76. The topological polar surface area (TPSA) is 52.8 Å². The third-order valence-corrected chi connectivity index (χ3v) is 4.72. The van der Waals surface area contributed by atoms with E-state index in [-0.39, 0.29) is 0 Å². The van der Waals surface area contributed by atoms with Gasteiger partial charge in [-0.3, -0.25) is 4.68 Å². The molecule has 0 spiro atoms. The molecule has 7 heteroatoms. The van der Waals surface area contributed by atoms with Crippen molar-refractivity contribution in [1.29, 1.82) is 0 Å². The average Bonchev–Trinajstić information content (AvgIpc) is 3.15. The molecule has 5 nitrogen and oxygen atoms in total. The van der Waals surface area contributed by atoms with Crippen molar-refractivity contribution in [3.63, 3.8) is 0 Å². The Hall–Kier alpha value is -2.44. The van der Waals surface area contributed by atoms with Crippen molar-refractivity contribution >= 4 is 33.2 Å². The molecule has 0 amide bonds. The molecule has 3 aromatic heterocycles. The fourth-order valence-electron chi connectivity index (χ4n) is 2.22. The van der Waals surface area contributed by atoms with E-state index >= 15 is 0 Å². The van der Waals surface area contributed by atoms with Crippen LogP contribution >= 0.6 is 22.9 Å². The van der Waals surface area contributed by atoms with Crippen LogP contribution in [0.5, 0.6) is 11.6 Å². The predicted octanol–water partition coefficient (Wildman–Crippen LogP) is 4.54. The highest BCUT2D eigenvalue weighted by atomic mass is 35.5. The van der Waals surface area contributed by atoms with E-state index in [9.17, 15) is 0 Å². The first-order valence-electron chi connectivity index (χ1n) is 6.86. The lowest BCUT2D eigenvalue weighted by atomic mass is 10.2. The SMILES string of the molecule is Cn1cc(Oc2ncnc3cc(-c4ccc(Cl)cc4)sc23)cn1. The number of ether oxygens (including phenoxy) is 1. The van der Waals surface area contributed by atoms with Crippen LogP contribution in [0, 0.1) is 0 Å². The molecular weight excluding hydrogens is 332 g/mol. The maximum absolute atomic E-state index is 5.95. The Kier molecular flexibility index (Phi) is 3.48. The smallest absolute Gasteiger partial charge is 0.240 e. The minimum Gasteiger partial charge on any atom is -0.434 e. The third-order valence-electron chi connectivity index (χ3n) is 3.30. The molecule has 0 saturated heterocycles. The Morgan fingerprint density at radius 3 is 2.74 bits per heavy atom. The van der Waals surface area contributed by atoms with Crippen LogP contribution in [0.3, 0.4) is 0 Å². The number of hydrogen-bond donors (Lipinski definition) is 0. The molecule has 1 aromatic carbocycles. The summed E-state index contributed by atoms with van der Waals surface area (Å²) in [6.45, 7) is 0. The summed E-state index contributed by atoms with van der Waals surface area (Å²) < 4.78 is 8.42. The van der Waals surface area contributed by atoms with E-state index in [1.165, 1.54) is 6.33 Å². The summed E-state index contributed by atoms with van der Waals surface area (Å²) in [6.07, 6.45) is 4.95. The van der Waals surface area contributed by atoms with Crippen molar-refractivity contribution in [3.05, 3.63) is 54.1 Å². The summed E-state index contributed by atoms with van der Waals surface area (Å²) in [5.41, 5.74) is 1.94. The third kappa shape index (κ3) is 2.78. The van der Waals surface area contributed by atoms with Gasteiger partial charge in [0.05, 0.1) is 17.9 Å². The quantitative estimate of drug-likeness (QED) is 0.548. The summed E-state index contributed by atoms with van der Waals surface area (Å²) in [7, 11) is 1.84. The molecule has 0 radical (unpaired) electrons. The number of aromatic nitrogens is 4. The van der Waals surface area contributed by atoms with E-state index in [4.69, 9.17) is 16.3 Å². The fraction of sp³-hybridized carbons (Fsp3) is 0.0625. The van der Waals surface area contributed by atoms with Crippen LogP contribution in [0.1, 0.15) is 0 Å². The molecule has 0 aliphatic carbocycles. The zero-order valence-electron chi connectivity index (χ0n) is 12.1. The molecule has 0 aliphatic heterocycles. The van der Waals surface area contributed by atoms with Gasteiger partial charge in [-0.15, -0.1) is 11.3 Å². The number of aryl methyl sites for hydroxylation is 1. The summed E-state index contributed by atoms with van der Waals surface area (Å²) >= 11 is 7.54. The average molecular weight is 343 g/mol. The summed E-state index contributed by atoms with van der Waals surface area (Å²) in [4.78, 5) is 9.67. The second-order valence-corrected chi connectivity index (χ2v) is 6.45. The van der Waals surface area contributed by atoms with Crippen molar-refractivity contribution in [2.45, 2.75) is 0 Å². The molecule has 0 saturated carbocycles. The molecule has 0 N–H and O–H groups in total. The van der Waals surface area contributed by atoms with Gasteiger partial charge >= 0.3 is 0 Å². The predicted molar refractivity (Wildman–Crippen MR) is 91.1 cm³/mol. The molecule has 0 unspecified atom stereocenters. The van der Waals surface area contributed by atoms with Crippen molar-refractivity contribution in [2.24, 2.45) is 7.05 Å². The van der Waals surface area contributed by atoms with Gasteiger partial charge in [0.1, 0.15) is 11.0 Å². The first-order chi connectivity index (χ1) is 11.2. The Morgan fingerprint density at radius 1 is 1.17 bits per heavy atom. The highest BCUT2D eigenvalue weighted by Crippen LogP contribution is 2.38. The lowest BCUT2D eigenvalue weighted by molar-refractivity contribution is 0.468. The summed E-state index contributed by atoms with van der Waals surface area (Å²) in [5.74, 6) is 1.18. The monoisotopic (exact) mass is 342 g/mol. The van der Waals surface area contributed by atoms with E-state index < -0.39 is 0 Å². The molecular formula is C16H11ClN4OS. The van der Waals surface area contributed by atoms with Gasteiger partial charge in [-0.1, -0.05) is 23.7 Å². The molecule has 0 fully saturated rings. The fourth-order valence-corrected chi connectivity index (χ4v) is 3.39. The van der Waals surface area contributed by atoms with Crippen molar-refractivity contribution < 1.29 is 4.74 Å². The van der Waals surface area contributed by atoms with Gasteiger partial charge in [0.25, 0.3) is 0 Å². The summed E-state index contributed by atoms with van der Waals surface area (Å²) in [5, 5.41) is 4.81. The Balaban J connectivity index is 1.76. The van der Waals surface area contributed by atoms with E-state index in [1.54, 1.807) is 28.4 Å². The van der Waals surface area contributed by atoms with Crippen LogP contribution in [0.4, 0.5) is 0 Å². The largest absolute Gasteiger partial charge is 0.434 e. The lowest BCUT2D eigenvalue weighted by Crippen LogP contribution is -1.88. The van der Waals surface area contributed by atoms with Gasteiger partial charge in [-0.05, 0) is 23.8 Å². The highest BCUT2D eigenvalue weighted by molar-refractivity contribution is 7.22. The zero-order valence-corrected chi connectivity index (χ0v) is 13.7. The molecule has 114 valence electrons. The molecule has 4 aromatic rings. The van der Waals surface area contributed by atoms with Gasteiger partial charge in [0, 0.05) is 16.9 Å². The van der Waals surface area contributed by atoms with Crippen LogP contribution < -0.4 is 4.74 Å². The minimum atomic E-state index is 0.535. The van der Waals surface area contributed by atoms with Gasteiger partial charge in [0.2, 0.25) is 5.88 Å². The van der Waals surface area contributed by atoms with Gasteiger partial charge < -0.3 is 4.74 Å². The number of hydrogen-bond acceptors (Lipinski definition) is 5. The van der Waals surface area contributed by atoms with Crippen LogP contribution in [0.25, 0.3) is 20.7 Å². The second-order valence-electron chi connectivity index (χ2n) is 4.96. The molecule has 0 bridgehead atoms. The number of benzene rings is 1. The van der Waals surface area contributed by atoms with E-state index in [0.29, 0.717) is 11.6 Å². The molecule has 0 aliphatic rings. The van der Waals surface area contributed by atoms with Crippen molar-refractivity contribution in [1.82, 2.24) is 19.7 Å². The van der Waals surface area contributed by atoms with E-state index in [1.807, 2.05) is 37.4 Å². The highest BCUT2D eigenvalue weighted by Gasteiger charge is 2.12. The Morgan fingerprint density at radius 2 is 2.00 bits per heavy atom. The minimum absolute atomic E-state index is 0.535. The molecule has 3 heterocycles. The number of rotatable bonds is 3. The second kappa shape index (κ2) is 5.64. The molecule has 23 heavy (non-hydrogen) atoms. The lowest BCUT2D eigenvalue weighted by Gasteiger charge is -2.01. The maximum Gasteiger partial charge on any atom is 0.240 e. The Labute approximate surface area is 141 Å². The van der Waals surface area contributed by atoms with Crippen molar-refractivity contribution in [2.75, 3.05) is 0 Å².